The quantitative estimate of drug-likeness (QED) is 0.554. The molecule has 4 saturated heterocycles. The monoisotopic (exact) mass is 240 g/mol. The third-order valence-electron chi connectivity index (χ3n) is 5.09. The van der Waals surface area contributed by atoms with E-state index in [-0.39, 0.29) is 5.79 Å². The van der Waals surface area contributed by atoms with Crippen molar-refractivity contribution >= 4 is 0 Å². The fourth-order valence-electron chi connectivity index (χ4n) is 4.11. The van der Waals surface area contributed by atoms with Crippen molar-refractivity contribution in [3.63, 3.8) is 0 Å². The summed E-state index contributed by atoms with van der Waals surface area (Å²) < 4.78 is 13.3. The van der Waals surface area contributed by atoms with Gasteiger partial charge in [0.1, 0.15) is 6.54 Å². The number of hydrogen-bond donors (Lipinski definition) is 0. The van der Waals surface area contributed by atoms with Gasteiger partial charge < -0.3 is 14.0 Å². The van der Waals surface area contributed by atoms with E-state index in [2.05, 4.69) is 6.92 Å². The fraction of sp³-hybridized carbons (Fsp3) is 1.00. The summed E-state index contributed by atoms with van der Waals surface area (Å²) in [6.07, 6.45) is 6.69. The van der Waals surface area contributed by atoms with Crippen molar-refractivity contribution in [1.82, 2.24) is 0 Å². The van der Waals surface area contributed by atoms with Crippen LogP contribution in [0.5, 0.6) is 0 Å². The van der Waals surface area contributed by atoms with Crippen molar-refractivity contribution in [2.75, 3.05) is 39.4 Å². The largest absolute Gasteiger partial charge is 0.342 e. The summed E-state index contributed by atoms with van der Waals surface area (Å²) in [4.78, 5) is 0. The van der Waals surface area contributed by atoms with Crippen LogP contribution in [0.2, 0.25) is 0 Å². The highest BCUT2D eigenvalue weighted by atomic mass is 16.7. The molecule has 17 heavy (non-hydrogen) atoms. The average Bonchev–Trinajstić information content (AvgIpc) is 2.79. The minimum Gasteiger partial charge on any atom is -0.342 e. The van der Waals surface area contributed by atoms with Crippen molar-refractivity contribution in [1.29, 1.82) is 0 Å². The molecule has 0 radical (unpaired) electrons. The highest BCUT2D eigenvalue weighted by molar-refractivity contribution is 4.90. The molecule has 98 valence electrons. The molecule has 0 aromatic rings. The predicted octanol–water partition coefficient (Wildman–Crippen LogP) is 2.16. The molecule has 0 unspecified atom stereocenters. The second kappa shape index (κ2) is 4.52. The summed E-state index contributed by atoms with van der Waals surface area (Å²) in [6, 6.07) is 0. The minimum absolute atomic E-state index is 0.178. The molecule has 0 amide bonds. The standard InChI is InChI=1S/C14H26NO2/c1-2-3-4-7-15-8-5-13(6-9-15)14(12-15)16-10-11-17-14/h13H,2-12H2,1H3/q+1. The second-order valence-electron chi connectivity index (χ2n) is 6.16. The molecule has 0 atom stereocenters. The molecule has 1 spiro atoms. The Morgan fingerprint density at radius 3 is 2.47 bits per heavy atom. The van der Waals surface area contributed by atoms with Crippen LogP contribution in [-0.2, 0) is 9.47 Å². The van der Waals surface area contributed by atoms with E-state index in [1.807, 2.05) is 0 Å². The van der Waals surface area contributed by atoms with Crippen molar-refractivity contribution in [2.24, 2.45) is 5.92 Å². The van der Waals surface area contributed by atoms with Gasteiger partial charge in [0.05, 0.1) is 32.8 Å². The molecule has 0 aliphatic carbocycles. The van der Waals surface area contributed by atoms with E-state index in [0.29, 0.717) is 5.92 Å². The molecule has 4 rings (SSSR count). The van der Waals surface area contributed by atoms with Gasteiger partial charge in [0.25, 0.3) is 0 Å². The van der Waals surface area contributed by atoms with Crippen LogP contribution in [0.3, 0.4) is 0 Å². The van der Waals surface area contributed by atoms with E-state index in [1.54, 1.807) is 0 Å². The molecule has 4 fully saturated rings. The Morgan fingerprint density at radius 2 is 1.82 bits per heavy atom. The Labute approximate surface area is 105 Å². The number of hydrogen-bond acceptors (Lipinski definition) is 2. The molecular weight excluding hydrogens is 214 g/mol. The van der Waals surface area contributed by atoms with Crippen molar-refractivity contribution < 1.29 is 14.0 Å². The van der Waals surface area contributed by atoms with E-state index < -0.39 is 0 Å². The third-order valence-corrected chi connectivity index (χ3v) is 5.09. The summed E-state index contributed by atoms with van der Waals surface area (Å²) >= 11 is 0. The van der Waals surface area contributed by atoms with Gasteiger partial charge in [-0.25, -0.2) is 0 Å². The van der Waals surface area contributed by atoms with Gasteiger partial charge in [0, 0.05) is 18.8 Å². The number of unbranched alkanes of at least 4 members (excludes halogenated alkanes) is 2. The number of nitrogens with zero attached hydrogens (tertiary/aromatic N) is 1. The molecule has 0 saturated carbocycles. The van der Waals surface area contributed by atoms with E-state index in [9.17, 15) is 0 Å². The Morgan fingerprint density at radius 1 is 1.12 bits per heavy atom. The number of piperidine rings is 3. The first-order valence-electron chi connectivity index (χ1n) is 7.42. The van der Waals surface area contributed by atoms with Gasteiger partial charge in [-0.3, -0.25) is 0 Å². The zero-order chi connectivity index (χ0) is 11.8. The average molecular weight is 240 g/mol. The summed E-state index contributed by atoms with van der Waals surface area (Å²) in [7, 11) is 0. The molecule has 0 N–H and O–H groups in total. The first-order valence-corrected chi connectivity index (χ1v) is 7.42. The number of quaternary nitrogens is 1. The van der Waals surface area contributed by atoms with Crippen LogP contribution in [0.4, 0.5) is 0 Å². The van der Waals surface area contributed by atoms with Crippen LogP contribution in [0, 0.1) is 5.92 Å². The molecule has 4 aliphatic rings. The first kappa shape index (κ1) is 11.9. The van der Waals surface area contributed by atoms with Crippen molar-refractivity contribution in [3.05, 3.63) is 0 Å². The van der Waals surface area contributed by atoms with Gasteiger partial charge in [-0.1, -0.05) is 13.3 Å². The smallest absolute Gasteiger partial charge is 0.222 e. The van der Waals surface area contributed by atoms with Crippen molar-refractivity contribution in [2.45, 2.75) is 44.8 Å². The minimum atomic E-state index is -0.178. The van der Waals surface area contributed by atoms with E-state index in [1.165, 1.54) is 56.2 Å². The lowest BCUT2D eigenvalue weighted by Crippen LogP contribution is -2.69. The SMILES string of the molecule is CCCCC[N+]12CCC(CC1)C1(C2)OCCO1. The Kier molecular flexibility index (Phi) is 3.18. The van der Waals surface area contributed by atoms with Gasteiger partial charge >= 0.3 is 0 Å². The highest BCUT2D eigenvalue weighted by Gasteiger charge is 2.58. The van der Waals surface area contributed by atoms with E-state index in [0.717, 1.165) is 19.8 Å². The lowest BCUT2D eigenvalue weighted by molar-refractivity contribution is -0.954. The van der Waals surface area contributed by atoms with Crippen molar-refractivity contribution in [3.8, 4) is 0 Å². The molecule has 3 heteroatoms. The third kappa shape index (κ3) is 2.02. The first-order chi connectivity index (χ1) is 8.29. The number of ether oxygens (including phenoxy) is 2. The van der Waals surface area contributed by atoms with Gasteiger partial charge in [-0.05, 0) is 12.8 Å². The van der Waals surface area contributed by atoms with Gasteiger partial charge in [0.2, 0.25) is 5.79 Å². The van der Waals surface area contributed by atoms with Crippen LogP contribution in [0.25, 0.3) is 0 Å². The Balaban J connectivity index is 1.68. The lowest BCUT2D eigenvalue weighted by atomic mass is 9.80. The maximum atomic E-state index is 6.01. The second-order valence-corrected chi connectivity index (χ2v) is 6.16. The van der Waals surface area contributed by atoms with Crippen LogP contribution in [0.1, 0.15) is 39.0 Å². The van der Waals surface area contributed by atoms with E-state index in [4.69, 9.17) is 9.47 Å². The summed E-state index contributed by atoms with van der Waals surface area (Å²) in [5.41, 5.74) is 0. The lowest BCUT2D eigenvalue weighted by Gasteiger charge is -2.55. The molecule has 3 nitrogen and oxygen atoms in total. The maximum absolute atomic E-state index is 6.01. The van der Waals surface area contributed by atoms with Crippen LogP contribution in [-0.4, -0.2) is 49.7 Å². The Hall–Kier alpha value is -0.120. The van der Waals surface area contributed by atoms with Gasteiger partial charge in [-0.2, -0.15) is 0 Å². The molecular formula is C14H26NO2+. The van der Waals surface area contributed by atoms with Crippen LogP contribution < -0.4 is 0 Å². The topological polar surface area (TPSA) is 18.5 Å². The van der Waals surface area contributed by atoms with Gasteiger partial charge in [0.15, 0.2) is 0 Å². The maximum Gasteiger partial charge on any atom is 0.222 e. The van der Waals surface area contributed by atoms with Crippen LogP contribution >= 0.6 is 0 Å². The predicted molar refractivity (Wildman–Crippen MR) is 66.6 cm³/mol. The molecule has 0 aromatic heterocycles. The zero-order valence-electron chi connectivity index (χ0n) is 11.1. The summed E-state index contributed by atoms with van der Waals surface area (Å²) in [5, 5.41) is 0. The fourth-order valence-corrected chi connectivity index (χ4v) is 4.11. The van der Waals surface area contributed by atoms with E-state index >= 15 is 0 Å². The molecule has 4 aliphatic heterocycles. The Bertz CT molecular complexity index is 265. The highest BCUT2D eigenvalue weighted by Crippen LogP contribution is 2.45. The number of fused-ring (bicyclic) bond motifs is 2. The van der Waals surface area contributed by atoms with Gasteiger partial charge in [-0.15, -0.1) is 0 Å². The summed E-state index contributed by atoms with van der Waals surface area (Å²) in [6.45, 7) is 9.10. The summed E-state index contributed by atoms with van der Waals surface area (Å²) in [5.74, 6) is 0.499. The molecule has 2 bridgehead atoms. The van der Waals surface area contributed by atoms with Crippen LogP contribution in [0.15, 0.2) is 0 Å². The number of rotatable bonds is 4. The normalized spacial score (nSPS) is 39.0. The molecule has 4 heterocycles. The zero-order valence-corrected chi connectivity index (χ0v) is 11.1. The molecule has 0 aromatic carbocycles.